The van der Waals surface area contributed by atoms with E-state index < -0.39 is 0 Å². The second-order valence-electron chi connectivity index (χ2n) is 8.03. The third-order valence-corrected chi connectivity index (χ3v) is 7.03. The number of carbonyl (C=O) groups excluding carboxylic acids is 1. The summed E-state index contributed by atoms with van der Waals surface area (Å²) in [4.78, 5) is 37.5. The van der Waals surface area contributed by atoms with Gasteiger partial charge in [-0.05, 0) is 43.0 Å². The van der Waals surface area contributed by atoms with Gasteiger partial charge in [-0.2, -0.15) is 0 Å². The molecule has 0 N–H and O–H groups in total. The monoisotopic (exact) mass is 452 g/mol. The van der Waals surface area contributed by atoms with Gasteiger partial charge < -0.3 is 13.9 Å². The molecule has 1 aliphatic heterocycles. The fraction of sp³-hybridized carbons (Fsp3) is 0.304. The highest BCUT2D eigenvalue weighted by Gasteiger charge is 2.35. The number of likely N-dealkylation sites (tertiary alicyclic amines) is 1. The number of halogens is 1. The van der Waals surface area contributed by atoms with Gasteiger partial charge >= 0.3 is 0 Å². The van der Waals surface area contributed by atoms with E-state index in [1.54, 1.807) is 31.1 Å². The van der Waals surface area contributed by atoms with Crippen LogP contribution in [0.2, 0.25) is 0 Å². The molecule has 3 aromatic heterocycles. The number of amides is 1. The molecule has 9 heteroatoms. The van der Waals surface area contributed by atoms with Gasteiger partial charge in [0.25, 0.3) is 11.5 Å². The van der Waals surface area contributed by atoms with Gasteiger partial charge in [-0.3, -0.25) is 9.59 Å². The zero-order valence-corrected chi connectivity index (χ0v) is 18.5. The molecular formula is C23H21FN4O3S. The number of fused-ring (bicyclic) bond motifs is 1. The van der Waals surface area contributed by atoms with E-state index in [9.17, 15) is 14.0 Å². The van der Waals surface area contributed by atoms with Crippen LogP contribution >= 0.6 is 11.3 Å². The minimum absolute atomic E-state index is 0.139. The number of hydrogen-bond donors (Lipinski definition) is 0. The van der Waals surface area contributed by atoms with E-state index in [2.05, 4.69) is 9.97 Å². The fourth-order valence-electron chi connectivity index (χ4n) is 4.22. The van der Waals surface area contributed by atoms with E-state index >= 15 is 0 Å². The lowest BCUT2D eigenvalue weighted by molar-refractivity contribution is 0.0719. The average Bonchev–Trinajstić information content (AvgIpc) is 3.49. The van der Waals surface area contributed by atoms with Crippen molar-refractivity contribution in [1.82, 2.24) is 19.4 Å². The highest BCUT2D eigenvalue weighted by atomic mass is 32.1. The summed E-state index contributed by atoms with van der Waals surface area (Å²) in [5, 5.41) is 0.493. The highest BCUT2D eigenvalue weighted by molar-refractivity contribution is 7.20. The summed E-state index contributed by atoms with van der Waals surface area (Å²) >= 11 is 1.25. The molecule has 1 fully saturated rings. The molecule has 5 rings (SSSR count). The van der Waals surface area contributed by atoms with Crippen LogP contribution in [0.15, 0.2) is 46.0 Å². The molecule has 0 aliphatic carbocycles. The summed E-state index contributed by atoms with van der Waals surface area (Å²) in [6.45, 7) is 2.38. The van der Waals surface area contributed by atoms with Gasteiger partial charge in [-0.1, -0.05) is 12.1 Å². The molecule has 4 aromatic rings. The standard InChI is InChI=1S/C23H21FN4O3S/c1-13-18-21(26-12-27(2)22(18)29)32-19(13)23(30)28-8-4-7-17(28)20-25-11-16(31-20)10-14-5-3-6-15(24)9-14/h3,5-6,9,11-12,17H,4,7-8,10H2,1-2H3/t17-/m0/s1. The van der Waals surface area contributed by atoms with Crippen molar-refractivity contribution >= 4 is 27.5 Å². The van der Waals surface area contributed by atoms with Gasteiger partial charge in [-0.15, -0.1) is 11.3 Å². The van der Waals surface area contributed by atoms with E-state index in [4.69, 9.17) is 4.42 Å². The Labute approximate surface area is 187 Å². The highest BCUT2D eigenvalue weighted by Crippen LogP contribution is 2.36. The molecule has 0 radical (unpaired) electrons. The van der Waals surface area contributed by atoms with E-state index in [-0.39, 0.29) is 23.3 Å². The van der Waals surface area contributed by atoms with E-state index in [0.717, 1.165) is 18.4 Å². The van der Waals surface area contributed by atoms with Crippen LogP contribution in [0.3, 0.4) is 0 Å². The summed E-state index contributed by atoms with van der Waals surface area (Å²) in [6.07, 6.45) is 5.12. The van der Waals surface area contributed by atoms with Crippen LogP contribution in [0.4, 0.5) is 4.39 Å². The van der Waals surface area contributed by atoms with Gasteiger partial charge in [0.2, 0.25) is 5.89 Å². The van der Waals surface area contributed by atoms with Gasteiger partial charge in [0, 0.05) is 20.0 Å². The maximum Gasteiger partial charge on any atom is 0.264 e. The summed E-state index contributed by atoms with van der Waals surface area (Å²) in [7, 11) is 1.65. The minimum atomic E-state index is -0.294. The molecular weight excluding hydrogens is 431 g/mol. The van der Waals surface area contributed by atoms with Crippen molar-refractivity contribution in [2.45, 2.75) is 32.2 Å². The molecule has 1 atom stereocenters. The van der Waals surface area contributed by atoms with E-state index in [1.807, 2.05) is 6.07 Å². The number of carbonyl (C=O) groups is 1. The number of nitrogens with zero attached hydrogens (tertiary/aromatic N) is 4. The van der Waals surface area contributed by atoms with Gasteiger partial charge in [0.1, 0.15) is 22.4 Å². The van der Waals surface area contributed by atoms with Crippen LogP contribution in [0.5, 0.6) is 0 Å². The summed E-state index contributed by atoms with van der Waals surface area (Å²) < 4.78 is 20.8. The first-order valence-corrected chi connectivity index (χ1v) is 11.2. The molecule has 1 aliphatic rings. The van der Waals surface area contributed by atoms with Gasteiger partial charge in [0.05, 0.1) is 22.8 Å². The Balaban J connectivity index is 1.42. The topological polar surface area (TPSA) is 81.2 Å². The first-order chi connectivity index (χ1) is 15.4. The predicted molar refractivity (Wildman–Crippen MR) is 118 cm³/mol. The van der Waals surface area contributed by atoms with Crippen molar-refractivity contribution in [1.29, 1.82) is 0 Å². The van der Waals surface area contributed by atoms with Crippen molar-refractivity contribution in [3.8, 4) is 0 Å². The molecule has 0 spiro atoms. The lowest BCUT2D eigenvalue weighted by Gasteiger charge is -2.22. The summed E-state index contributed by atoms with van der Waals surface area (Å²) in [5.74, 6) is 0.670. The number of hydrogen-bond acceptors (Lipinski definition) is 6. The van der Waals surface area contributed by atoms with Crippen LogP contribution in [0, 0.1) is 12.7 Å². The second kappa shape index (κ2) is 7.98. The van der Waals surface area contributed by atoms with Crippen LogP contribution in [0.1, 0.15) is 51.3 Å². The number of thiophene rings is 1. The summed E-state index contributed by atoms with van der Waals surface area (Å²) in [5.41, 5.74) is 1.30. The zero-order chi connectivity index (χ0) is 22.4. The molecule has 1 saturated heterocycles. The smallest absolute Gasteiger partial charge is 0.264 e. The Morgan fingerprint density at radius 3 is 3.00 bits per heavy atom. The van der Waals surface area contributed by atoms with Crippen LogP contribution < -0.4 is 5.56 Å². The predicted octanol–water partition coefficient (Wildman–Crippen LogP) is 4.00. The fourth-order valence-corrected chi connectivity index (χ4v) is 5.31. The van der Waals surface area contributed by atoms with Crippen molar-refractivity contribution < 1.29 is 13.6 Å². The molecule has 4 heterocycles. The quantitative estimate of drug-likeness (QED) is 0.468. The molecule has 164 valence electrons. The van der Waals surface area contributed by atoms with Crippen LogP contribution in [-0.4, -0.2) is 31.9 Å². The maximum absolute atomic E-state index is 13.5. The maximum atomic E-state index is 13.5. The van der Waals surface area contributed by atoms with Crippen molar-refractivity contribution in [3.63, 3.8) is 0 Å². The molecule has 0 saturated carbocycles. The second-order valence-corrected chi connectivity index (χ2v) is 9.02. The molecule has 0 unspecified atom stereocenters. The molecule has 1 aromatic carbocycles. The number of rotatable bonds is 4. The first-order valence-electron chi connectivity index (χ1n) is 10.4. The van der Waals surface area contributed by atoms with Crippen molar-refractivity contribution in [3.05, 3.63) is 80.6 Å². The lowest BCUT2D eigenvalue weighted by atomic mass is 10.1. The normalized spacial score (nSPS) is 16.2. The third kappa shape index (κ3) is 3.52. The van der Waals surface area contributed by atoms with Crippen LogP contribution in [0.25, 0.3) is 10.2 Å². The molecule has 32 heavy (non-hydrogen) atoms. The Morgan fingerprint density at radius 2 is 2.19 bits per heavy atom. The molecule has 1 amide bonds. The zero-order valence-electron chi connectivity index (χ0n) is 17.7. The van der Waals surface area contributed by atoms with Gasteiger partial charge in [0.15, 0.2) is 0 Å². The lowest BCUT2D eigenvalue weighted by Crippen LogP contribution is -2.30. The molecule has 7 nitrogen and oxygen atoms in total. The number of aromatic nitrogens is 3. The number of oxazole rings is 1. The number of benzene rings is 1. The minimum Gasteiger partial charge on any atom is -0.443 e. The Hall–Kier alpha value is -3.33. The third-order valence-electron chi connectivity index (χ3n) is 5.84. The molecule has 0 bridgehead atoms. The Kier molecular flexibility index (Phi) is 5.13. The number of aryl methyl sites for hydroxylation is 2. The summed E-state index contributed by atoms with van der Waals surface area (Å²) in [6, 6.07) is 6.09. The van der Waals surface area contributed by atoms with Gasteiger partial charge in [-0.25, -0.2) is 14.4 Å². The Morgan fingerprint density at radius 1 is 1.34 bits per heavy atom. The van der Waals surface area contributed by atoms with Crippen molar-refractivity contribution in [2.75, 3.05) is 6.54 Å². The first kappa shape index (κ1) is 20.6. The van der Waals surface area contributed by atoms with E-state index in [0.29, 0.717) is 45.3 Å². The van der Waals surface area contributed by atoms with E-state index in [1.165, 1.54) is 34.4 Å². The van der Waals surface area contributed by atoms with Crippen molar-refractivity contribution in [2.24, 2.45) is 7.05 Å². The Bertz CT molecular complexity index is 1390. The average molecular weight is 453 g/mol. The van der Waals surface area contributed by atoms with Crippen LogP contribution in [-0.2, 0) is 13.5 Å². The largest absolute Gasteiger partial charge is 0.443 e. The SMILES string of the molecule is Cc1c(C(=O)N2CCC[C@H]2c2ncc(Cc3cccc(F)c3)o2)sc2ncn(C)c(=O)c12.